The molecule has 3 heteroatoms. The van der Waals surface area contributed by atoms with E-state index in [0.29, 0.717) is 5.56 Å². The molecule has 0 fully saturated rings. The van der Waals surface area contributed by atoms with Crippen LogP contribution in [0.3, 0.4) is 0 Å². The Morgan fingerprint density at radius 3 is 3.18 bits per heavy atom. The highest BCUT2D eigenvalue weighted by Gasteiger charge is 1.99. The summed E-state index contributed by atoms with van der Waals surface area (Å²) in [5, 5.41) is 9.28. The maximum absolute atomic E-state index is 9.28. The van der Waals surface area contributed by atoms with Crippen molar-refractivity contribution >= 4 is 0 Å². The molecule has 0 unspecified atom stereocenters. The lowest BCUT2D eigenvalue weighted by Crippen LogP contribution is -1.96. The third-order valence-electron chi connectivity index (χ3n) is 1.37. The lowest BCUT2D eigenvalue weighted by atomic mass is 10.2. The number of phenolic OH excluding ortho intramolecular Hbond substituents is 1. The summed E-state index contributed by atoms with van der Waals surface area (Å²) in [5.74, 6) is -0.286. The Bertz CT molecular complexity index is 325. The van der Waals surface area contributed by atoms with Crippen LogP contribution in [-0.2, 0) is 6.54 Å². The fourth-order valence-corrected chi connectivity index (χ4v) is 0.767. The van der Waals surface area contributed by atoms with Gasteiger partial charge in [0.2, 0.25) is 0 Å². The Morgan fingerprint density at radius 1 is 1.73 bits per heavy atom. The van der Waals surface area contributed by atoms with Crippen LogP contribution < -0.4 is 10.5 Å². The molecule has 60 valence electrons. The van der Waals surface area contributed by atoms with Gasteiger partial charge in [0.1, 0.15) is 0 Å². The van der Waals surface area contributed by atoms with Gasteiger partial charge in [0.25, 0.3) is 0 Å². The standard InChI is InChI=1S/C8H11NO2/c1-11-8-4-6(5-9)2-3-7(8)10/h2-4,10H,5,9H2,1H3/i1D3. The van der Waals surface area contributed by atoms with Crippen molar-refractivity contribution in [2.45, 2.75) is 6.54 Å². The first kappa shape index (κ1) is 4.62. The molecule has 0 aliphatic rings. The summed E-state index contributed by atoms with van der Waals surface area (Å²) >= 11 is 0. The molecule has 0 heterocycles. The van der Waals surface area contributed by atoms with Crippen LogP contribution in [-0.4, -0.2) is 12.1 Å². The molecular formula is C8H11NO2. The second-order valence-corrected chi connectivity index (χ2v) is 2.11. The molecule has 0 amide bonds. The number of hydrogen-bond acceptors (Lipinski definition) is 3. The fraction of sp³-hybridized carbons (Fsp3) is 0.250. The minimum Gasteiger partial charge on any atom is -0.504 e. The van der Waals surface area contributed by atoms with Gasteiger partial charge in [-0.25, -0.2) is 0 Å². The van der Waals surface area contributed by atoms with Gasteiger partial charge in [0.05, 0.1) is 11.2 Å². The molecule has 1 aromatic rings. The van der Waals surface area contributed by atoms with E-state index in [-0.39, 0.29) is 18.0 Å². The van der Waals surface area contributed by atoms with Crippen molar-refractivity contribution in [1.29, 1.82) is 0 Å². The minimum atomic E-state index is -2.56. The molecular weight excluding hydrogens is 142 g/mol. The molecule has 0 aliphatic heterocycles. The Hall–Kier alpha value is -1.22. The van der Waals surface area contributed by atoms with Gasteiger partial charge in [0.15, 0.2) is 11.5 Å². The third kappa shape index (κ3) is 1.62. The molecule has 0 bridgehead atoms. The zero-order chi connectivity index (χ0) is 10.8. The van der Waals surface area contributed by atoms with Crippen molar-refractivity contribution < 1.29 is 14.0 Å². The van der Waals surface area contributed by atoms with Gasteiger partial charge in [-0.05, 0) is 17.7 Å². The largest absolute Gasteiger partial charge is 0.504 e. The number of rotatable bonds is 2. The Kier molecular flexibility index (Phi) is 1.37. The van der Waals surface area contributed by atoms with Crippen LogP contribution in [0.1, 0.15) is 9.68 Å². The van der Waals surface area contributed by atoms with Crippen LogP contribution in [0.15, 0.2) is 18.2 Å². The Balaban J connectivity index is 2.95. The second kappa shape index (κ2) is 3.25. The summed E-state index contributed by atoms with van der Waals surface area (Å²) in [6.45, 7) is 0.262. The van der Waals surface area contributed by atoms with Crippen LogP contribution in [0.2, 0.25) is 0 Å². The van der Waals surface area contributed by atoms with E-state index >= 15 is 0 Å². The third-order valence-corrected chi connectivity index (χ3v) is 1.37. The second-order valence-electron chi connectivity index (χ2n) is 2.11. The average molecular weight is 156 g/mol. The molecule has 1 rings (SSSR count). The van der Waals surface area contributed by atoms with E-state index in [0.717, 1.165) is 0 Å². The number of hydrogen-bond donors (Lipinski definition) is 2. The van der Waals surface area contributed by atoms with E-state index in [1.807, 2.05) is 0 Å². The van der Waals surface area contributed by atoms with E-state index in [2.05, 4.69) is 4.74 Å². The molecule has 0 spiro atoms. The van der Waals surface area contributed by atoms with Crippen LogP contribution in [0, 0.1) is 0 Å². The van der Waals surface area contributed by atoms with Gasteiger partial charge in [-0.3, -0.25) is 0 Å². The lowest BCUT2D eigenvalue weighted by Gasteiger charge is -2.03. The predicted molar refractivity (Wildman–Crippen MR) is 42.6 cm³/mol. The van der Waals surface area contributed by atoms with Crippen molar-refractivity contribution in [1.82, 2.24) is 0 Å². The van der Waals surface area contributed by atoms with Gasteiger partial charge in [-0.15, -0.1) is 0 Å². The number of phenols is 1. The molecule has 3 N–H and O–H groups in total. The average Bonchev–Trinajstić information content (AvgIpc) is 2.06. The Morgan fingerprint density at radius 2 is 2.55 bits per heavy atom. The van der Waals surface area contributed by atoms with Crippen molar-refractivity contribution in [3.8, 4) is 11.5 Å². The highest BCUT2D eigenvalue weighted by molar-refractivity contribution is 5.41. The summed E-state index contributed by atoms with van der Waals surface area (Å²) in [7, 11) is -2.56. The van der Waals surface area contributed by atoms with E-state index in [9.17, 15) is 5.11 Å². The number of ether oxygens (including phenoxy) is 1. The molecule has 0 aliphatic carbocycles. The first-order chi connectivity index (χ1) is 6.42. The normalized spacial score (nSPS) is 14.8. The van der Waals surface area contributed by atoms with Crippen molar-refractivity contribution in [3.05, 3.63) is 23.8 Å². The number of aromatic hydroxyl groups is 1. The SMILES string of the molecule is [2H]C([2H])([2H])Oc1cc(CN)ccc1O. The first-order valence-corrected chi connectivity index (χ1v) is 3.13. The molecule has 0 aromatic heterocycles. The summed E-state index contributed by atoms with van der Waals surface area (Å²) in [4.78, 5) is 0. The fourth-order valence-electron chi connectivity index (χ4n) is 0.767. The zero-order valence-electron chi connectivity index (χ0n) is 8.87. The van der Waals surface area contributed by atoms with Gasteiger partial charge in [0, 0.05) is 6.54 Å². The van der Waals surface area contributed by atoms with E-state index in [4.69, 9.17) is 9.85 Å². The van der Waals surface area contributed by atoms with Crippen LogP contribution in [0.5, 0.6) is 11.5 Å². The van der Waals surface area contributed by atoms with Crippen LogP contribution >= 0.6 is 0 Å². The summed E-state index contributed by atoms with van der Waals surface area (Å²) < 4.78 is 25.2. The molecule has 0 saturated heterocycles. The van der Waals surface area contributed by atoms with Crippen LogP contribution in [0.25, 0.3) is 0 Å². The number of methoxy groups -OCH3 is 1. The number of nitrogens with two attached hydrogens (primary N) is 1. The molecule has 1 aromatic carbocycles. The number of benzene rings is 1. The quantitative estimate of drug-likeness (QED) is 0.667. The van der Waals surface area contributed by atoms with Crippen molar-refractivity contribution in [2.24, 2.45) is 5.73 Å². The summed E-state index contributed by atoms with van der Waals surface area (Å²) in [6, 6.07) is 4.35. The van der Waals surface area contributed by atoms with Gasteiger partial charge >= 0.3 is 0 Å². The summed E-state index contributed by atoms with van der Waals surface area (Å²) in [5.41, 5.74) is 6.05. The van der Waals surface area contributed by atoms with Gasteiger partial charge in [-0.2, -0.15) is 0 Å². The smallest absolute Gasteiger partial charge is 0.160 e. The topological polar surface area (TPSA) is 55.5 Å². The monoisotopic (exact) mass is 156 g/mol. The molecule has 3 nitrogen and oxygen atoms in total. The van der Waals surface area contributed by atoms with Crippen molar-refractivity contribution in [2.75, 3.05) is 7.04 Å². The Labute approximate surface area is 69.6 Å². The van der Waals surface area contributed by atoms with Gasteiger partial charge < -0.3 is 15.6 Å². The highest BCUT2D eigenvalue weighted by atomic mass is 16.5. The van der Waals surface area contributed by atoms with Crippen LogP contribution in [0.4, 0.5) is 0 Å². The lowest BCUT2D eigenvalue weighted by molar-refractivity contribution is 0.373. The van der Waals surface area contributed by atoms with Gasteiger partial charge in [-0.1, -0.05) is 6.07 Å². The maximum atomic E-state index is 9.28. The summed E-state index contributed by atoms with van der Waals surface area (Å²) in [6.07, 6.45) is 0. The molecule has 0 radical (unpaired) electrons. The molecule has 0 atom stereocenters. The van der Waals surface area contributed by atoms with E-state index in [1.165, 1.54) is 12.1 Å². The maximum Gasteiger partial charge on any atom is 0.160 e. The predicted octanol–water partition coefficient (Wildman–Crippen LogP) is 0.859. The highest BCUT2D eigenvalue weighted by Crippen LogP contribution is 2.25. The molecule has 0 saturated carbocycles. The minimum absolute atomic E-state index is 0.0760. The van der Waals surface area contributed by atoms with Crippen molar-refractivity contribution in [3.63, 3.8) is 0 Å². The van der Waals surface area contributed by atoms with E-state index < -0.39 is 7.04 Å². The van der Waals surface area contributed by atoms with E-state index in [1.54, 1.807) is 6.07 Å². The first-order valence-electron chi connectivity index (χ1n) is 4.63. The molecule has 11 heavy (non-hydrogen) atoms. The zero-order valence-corrected chi connectivity index (χ0v) is 5.87.